The number of hydrogen-bond donors (Lipinski definition) is 2. The number of likely N-dealkylation sites (tertiary alicyclic amines) is 1. The largest absolute Gasteiger partial charge is 0.508 e. The molecule has 1 aliphatic heterocycles. The summed E-state index contributed by atoms with van der Waals surface area (Å²) < 4.78 is 0. The Hall–Kier alpha value is -1.84. The summed E-state index contributed by atoms with van der Waals surface area (Å²) >= 11 is 0. The lowest BCUT2D eigenvalue weighted by Crippen LogP contribution is -2.61. The van der Waals surface area contributed by atoms with Crippen LogP contribution in [0.3, 0.4) is 0 Å². The Kier molecular flexibility index (Phi) is 4.68. The summed E-state index contributed by atoms with van der Waals surface area (Å²) in [6.07, 6.45) is 7.90. The van der Waals surface area contributed by atoms with Gasteiger partial charge in [0.25, 0.3) is 0 Å². The number of hydrogen-bond acceptors (Lipinski definition) is 3. The zero-order valence-electron chi connectivity index (χ0n) is 16.6. The third kappa shape index (κ3) is 2.96. The third-order valence-electron chi connectivity index (χ3n) is 7.81. The average Bonchev–Trinajstić information content (AvgIpc) is 2.74. The lowest BCUT2D eigenvalue weighted by Gasteiger charge is -2.59. The second-order valence-electron chi connectivity index (χ2n) is 9.12. The minimum atomic E-state index is -0.382. The van der Waals surface area contributed by atoms with Crippen molar-refractivity contribution >= 4 is 0 Å². The van der Waals surface area contributed by atoms with Gasteiger partial charge in [0.2, 0.25) is 0 Å². The van der Waals surface area contributed by atoms with Crippen LogP contribution in [0.5, 0.6) is 5.75 Å². The van der Waals surface area contributed by atoms with E-state index in [0.717, 1.165) is 31.5 Å². The van der Waals surface area contributed by atoms with Crippen LogP contribution < -0.4 is 0 Å². The van der Waals surface area contributed by atoms with E-state index in [2.05, 4.69) is 17.0 Å². The zero-order chi connectivity index (χ0) is 19.1. The van der Waals surface area contributed by atoms with Gasteiger partial charge in [0.05, 0.1) is 6.10 Å². The summed E-state index contributed by atoms with van der Waals surface area (Å²) in [6.45, 7) is 2.07. The SMILES string of the molecule is Oc1ccc2c(c1)[C@]13CCCC[C@H]1[C@H](C2)N(CCC(O)c1ccccc1)CC3. The lowest BCUT2D eigenvalue weighted by atomic mass is 9.52. The van der Waals surface area contributed by atoms with Gasteiger partial charge in [-0.25, -0.2) is 0 Å². The van der Waals surface area contributed by atoms with Crippen LogP contribution in [0.4, 0.5) is 0 Å². The monoisotopic (exact) mass is 377 g/mol. The van der Waals surface area contributed by atoms with Crippen LogP contribution in [-0.2, 0) is 11.8 Å². The minimum Gasteiger partial charge on any atom is -0.508 e. The number of rotatable bonds is 4. The molecule has 2 fully saturated rings. The number of piperidine rings is 1. The van der Waals surface area contributed by atoms with Crippen LogP contribution in [0.2, 0.25) is 0 Å². The molecule has 2 aromatic carbocycles. The minimum absolute atomic E-state index is 0.268. The number of aromatic hydroxyl groups is 1. The van der Waals surface area contributed by atoms with Crippen LogP contribution in [-0.4, -0.2) is 34.2 Å². The van der Waals surface area contributed by atoms with E-state index < -0.39 is 0 Å². The normalized spacial score (nSPS) is 30.3. The molecule has 3 heteroatoms. The fourth-order valence-electron chi connectivity index (χ4n) is 6.48. The van der Waals surface area contributed by atoms with Crippen molar-refractivity contribution in [3.63, 3.8) is 0 Å². The van der Waals surface area contributed by atoms with Crippen molar-refractivity contribution in [3.8, 4) is 5.75 Å². The van der Waals surface area contributed by atoms with Gasteiger partial charge in [0, 0.05) is 18.0 Å². The fraction of sp³-hybridized carbons (Fsp3) is 0.520. The molecule has 0 aromatic heterocycles. The Bertz CT molecular complexity index is 836. The number of phenolic OH excluding ortho intramolecular Hbond substituents is 1. The average molecular weight is 378 g/mol. The maximum Gasteiger partial charge on any atom is 0.115 e. The van der Waals surface area contributed by atoms with Gasteiger partial charge in [-0.1, -0.05) is 49.2 Å². The van der Waals surface area contributed by atoms with E-state index in [4.69, 9.17) is 0 Å². The highest BCUT2D eigenvalue weighted by Crippen LogP contribution is 2.56. The van der Waals surface area contributed by atoms with E-state index in [9.17, 15) is 10.2 Å². The molecule has 5 rings (SSSR count). The Morgan fingerprint density at radius 1 is 1.07 bits per heavy atom. The first-order chi connectivity index (χ1) is 13.7. The Morgan fingerprint density at radius 2 is 1.93 bits per heavy atom. The molecule has 28 heavy (non-hydrogen) atoms. The van der Waals surface area contributed by atoms with Crippen molar-refractivity contribution in [1.29, 1.82) is 0 Å². The van der Waals surface area contributed by atoms with Crippen molar-refractivity contribution in [3.05, 3.63) is 65.2 Å². The van der Waals surface area contributed by atoms with E-state index in [1.165, 1.54) is 43.2 Å². The predicted octanol–water partition coefficient (Wildman–Crippen LogP) is 4.57. The van der Waals surface area contributed by atoms with Crippen LogP contribution in [0.25, 0.3) is 0 Å². The molecule has 1 unspecified atom stereocenters. The maximum atomic E-state index is 10.6. The highest BCUT2D eigenvalue weighted by molar-refractivity contribution is 5.45. The molecule has 0 amide bonds. The van der Waals surface area contributed by atoms with Crippen molar-refractivity contribution < 1.29 is 10.2 Å². The van der Waals surface area contributed by atoms with Gasteiger partial charge in [-0.2, -0.15) is 0 Å². The number of phenols is 1. The summed E-state index contributed by atoms with van der Waals surface area (Å²) in [5.41, 5.74) is 4.17. The first-order valence-electron chi connectivity index (χ1n) is 11.0. The zero-order valence-corrected chi connectivity index (χ0v) is 16.6. The second-order valence-corrected chi connectivity index (χ2v) is 9.12. The molecule has 2 aromatic rings. The molecule has 2 bridgehead atoms. The van der Waals surface area contributed by atoms with Crippen LogP contribution >= 0.6 is 0 Å². The van der Waals surface area contributed by atoms with E-state index in [1.54, 1.807) is 0 Å². The molecule has 3 aliphatic rings. The van der Waals surface area contributed by atoms with E-state index in [-0.39, 0.29) is 11.5 Å². The number of aliphatic hydroxyl groups is 1. The molecular formula is C25H31NO2. The van der Waals surface area contributed by atoms with Crippen molar-refractivity contribution in [1.82, 2.24) is 4.90 Å². The topological polar surface area (TPSA) is 43.7 Å². The van der Waals surface area contributed by atoms with Gasteiger partial charge in [0.1, 0.15) is 5.75 Å². The quantitative estimate of drug-likeness (QED) is 0.820. The highest BCUT2D eigenvalue weighted by Gasteiger charge is 2.53. The molecule has 1 heterocycles. The maximum absolute atomic E-state index is 10.6. The van der Waals surface area contributed by atoms with Crippen molar-refractivity contribution in [2.75, 3.05) is 13.1 Å². The van der Waals surface area contributed by atoms with Crippen LogP contribution in [0.1, 0.15) is 61.3 Å². The number of fused-ring (bicyclic) bond motifs is 1. The van der Waals surface area contributed by atoms with Crippen LogP contribution in [0, 0.1) is 5.92 Å². The summed E-state index contributed by atoms with van der Waals surface area (Å²) in [5, 5.41) is 20.8. The van der Waals surface area contributed by atoms with Gasteiger partial charge in [-0.15, -0.1) is 0 Å². The first-order valence-corrected chi connectivity index (χ1v) is 11.0. The summed E-state index contributed by atoms with van der Waals surface area (Å²) in [4.78, 5) is 2.66. The third-order valence-corrected chi connectivity index (χ3v) is 7.81. The molecule has 0 spiro atoms. The number of benzene rings is 2. The van der Waals surface area contributed by atoms with Gasteiger partial charge in [-0.3, -0.25) is 4.90 Å². The molecule has 1 saturated carbocycles. The van der Waals surface area contributed by atoms with Gasteiger partial charge in [-0.05, 0) is 73.4 Å². The van der Waals surface area contributed by atoms with E-state index in [1.807, 2.05) is 36.4 Å². The first kappa shape index (κ1) is 18.2. The molecule has 4 atom stereocenters. The van der Waals surface area contributed by atoms with Crippen LogP contribution in [0.15, 0.2) is 48.5 Å². The Balaban J connectivity index is 1.39. The summed E-state index contributed by atoms with van der Waals surface area (Å²) in [7, 11) is 0. The Morgan fingerprint density at radius 3 is 2.79 bits per heavy atom. The number of aliphatic hydroxyl groups excluding tert-OH is 1. The summed E-state index contributed by atoms with van der Waals surface area (Å²) in [6, 6.07) is 16.7. The molecule has 3 nitrogen and oxygen atoms in total. The van der Waals surface area contributed by atoms with Crippen molar-refractivity contribution in [2.45, 2.75) is 62.5 Å². The fourth-order valence-corrected chi connectivity index (χ4v) is 6.48. The molecule has 148 valence electrons. The predicted molar refractivity (Wildman–Crippen MR) is 111 cm³/mol. The molecule has 1 saturated heterocycles. The Labute approximate surface area is 168 Å². The van der Waals surface area contributed by atoms with E-state index in [0.29, 0.717) is 17.7 Å². The second kappa shape index (κ2) is 7.20. The molecular weight excluding hydrogens is 346 g/mol. The van der Waals surface area contributed by atoms with Gasteiger partial charge in [0.15, 0.2) is 0 Å². The van der Waals surface area contributed by atoms with Crippen molar-refractivity contribution in [2.24, 2.45) is 5.92 Å². The lowest BCUT2D eigenvalue weighted by molar-refractivity contribution is -0.0172. The number of nitrogens with zero attached hydrogens (tertiary/aromatic N) is 1. The standard InChI is InChI=1S/C25H31NO2/c27-20-10-9-19-16-23-21-8-4-5-12-25(21,22(19)17-20)13-15-26(23)14-11-24(28)18-6-2-1-3-7-18/h1-3,6-7,9-10,17,21,23-24,27-28H,4-5,8,11-16H2/t21-,23-,24?,25-/m0/s1. The highest BCUT2D eigenvalue weighted by atomic mass is 16.3. The molecule has 0 radical (unpaired) electrons. The molecule has 2 N–H and O–H groups in total. The van der Waals surface area contributed by atoms with Gasteiger partial charge < -0.3 is 10.2 Å². The van der Waals surface area contributed by atoms with E-state index >= 15 is 0 Å². The van der Waals surface area contributed by atoms with Gasteiger partial charge >= 0.3 is 0 Å². The smallest absolute Gasteiger partial charge is 0.115 e. The summed E-state index contributed by atoms with van der Waals surface area (Å²) in [5.74, 6) is 1.11. The molecule has 2 aliphatic carbocycles.